The summed E-state index contributed by atoms with van der Waals surface area (Å²) in [6.07, 6.45) is 16.6. The highest BCUT2D eigenvalue weighted by atomic mass is 28.3. The molecule has 7 nitrogen and oxygen atoms in total. The van der Waals surface area contributed by atoms with Gasteiger partial charge in [-0.2, -0.15) is 0 Å². The van der Waals surface area contributed by atoms with Crippen LogP contribution < -0.4 is 41.5 Å². The number of nitrogens with zero attached hydrogens (tertiary/aromatic N) is 7. The summed E-state index contributed by atoms with van der Waals surface area (Å²) in [6, 6.07) is 163. The molecule has 0 saturated carbocycles. The smallest absolute Gasteiger partial charge is 0.181 e. The van der Waals surface area contributed by atoms with Crippen LogP contribution in [-0.2, 0) is 17.4 Å². The van der Waals surface area contributed by atoms with Gasteiger partial charge in [-0.15, -0.1) is 0 Å². The van der Waals surface area contributed by atoms with Gasteiger partial charge in [-0.25, -0.2) is 9.97 Å². The van der Waals surface area contributed by atoms with Crippen molar-refractivity contribution < 1.29 is 0 Å². The molecule has 0 amide bonds. The molecule has 1 aliphatic rings. The number of rotatable bonds is 19. The van der Waals surface area contributed by atoms with Crippen LogP contribution in [0.1, 0.15) is 69.4 Å². The minimum Gasteiger partial charge on any atom is -0.341 e. The third kappa shape index (κ3) is 15.0. The van der Waals surface area contributed by atoms with E-state index >= 15 is 0 Å². The highest BCUT2D eigenvalue weighted by Gasteiger charge is 2.48. The van der Waals surface area contributed by atoms with E-state index in [4.69, 9.17) is 19.9 Å². The van der Waals surface area contributed by atoms with Crippen molar-refractivity contribution in [2.45, 2.75) is 58.9 Å². The van der Waals surface area contributed by atoms with Crippen molar-refractivity contribution in [2.75, 3.05) is 0 Å². The number of para-hydroxylation sites is 2. The fraction of sp³-hybridized carbons (Fsp3) is 0.0698. The van der Waals surface area contributed by atoms with E-state index in [1.54, 1.807) is 0 Å². The summed E-state index contributed by atoms with van der Waals surface area (Å²) >= 11 is 0. The number of imidazole rings is 2. The highest BCUT2D eigenvalue weighted by molar-refractivity contribution is 7.21. The number of fused-ring (bicyclic) bond motifs is 9. The van der Waals surface area contributed by atoms with Crippen LogP contribution in [0.5, 0.6) is 0 Å². The maximum Gasteiger partial charge on any atom is 0.181 e. The maximum atomic E-state index is 5.12. The predicted molar refractivity (Wildman–Crippen MR) is 585 cm³/mol. The Morgan fingerprint density at radius 2 is 0.804 bits per heavy atom. The Hall–Kier alpha value is -16.6. The normalized spacial score (nSPS) is 12.5. The van der Waals surface area contributed by atoms with Crippen LogP contribution in [0.25, 0.3) is 157 Å². The number of hydrogen-bond acceptors (Lipinski definition) is 4. The van der Waals surface area contributed by atoms with Crippen LogP contribution in [0.2, 0.25) is 0 Å². The summed E-state index contributed by atoms with van der Waals surface area (Å²) in [4.78, 5) is 20.3. The zero-order chi connectivity index (χ0) is 93.1. The van der Waals surface area contributed by atoms with Crippen LogP contribution in [0.15, 0.2) is 480 Å². The third-order valence-electron chi connectivity index (χ3n) is 28.6. The molecule has 0 aliphatic heterocycles. The van der Waals surface area contributed by atoms with E-state index in [9.17, 15) is 0 Å². The monoisotopic (exact) mass is 1800 g/mol. The van der Waals surface area contributed by atoms with Crippen LogP contribution in [0, 0.1) is 0 Å². The molecule has 660 valence electrons. The van der Waals surface area contributed by atoms with E-state index in [-0.39, 0.29) is 10.8 Å². The van der Waals surface area contributed by atoms with Gasteiger partial charge in [-0.1, -0.05) is 417 Å². The van der Waals surface area contributed by atoms with Crippen molar-refractivity contribution in [3.05, 3.63) is 508 Å². The molecular weight excluding hydrogens is 1700 g/mol. The Morgan fingerprint density at radius 1 is 0.319 bits per heavy atom. The lowest BCUT2D eigenvalue weighted by atomic mass is 9.81. The molecule has 0 N–H and O–H groups in total. The summed E-state index contributed by atoms with van der Waals surface area (Å²) in [5.41, 5.74) is 27.8. The standard InChI is InChI=1S/C71H54N4Si.C58H47N3Si/c1-71(2,3)54-38-41-60-63(47-54)69(51-34-32-50(33-35-51)66-48-75-45-42-53(46-67(75)74-66)49-20-7-4-8-21-49)59-27-14-13-26-58(59)68(60)52-36-39-57(40-37-52)76(55-22-9-5-10-23-55,56-24-11-6-12-25-56)70-61(64-30-15-17-43-72-64)28-19-29-62(70)65-31-16-18-44-73-65;1-4-60-54-26-16-14-24-49(54)51-38-41(31-35-55(51)60)28-29-42-30-33-47-48-34-32-46(40-53(48)58(2,3)52(47)39-42)62(44-20-10-6-11-21-44,45-22-12-7-13-23-45)56-27-17-15-25-50(56)57-59-36-37-61(57)43-18-8-5-9-19-43/h4-48H,1-3H3;5-40H,4H2,1-3H3/b;29-28+. The maximum absolute atomic E-state index is 5.12. The first-order valence-electron chi connectivity index (χ1n) is 47.9. The van der Waals surface area contributed by atoms with E-state index in [0.29, 0.717) is 0 Å². The lowest BCUT2D eigenvalue weighted by Gasteiger charge is -2.37. The van der Waals surface area contributed by atoms with Gasteiger partial charge in [0.05, 0.1) is 17.1 Å². The van der Waals surface area contributed by atoms with Gasteiger partial charge in [0.15, 0.2) is 16.1 Å². The van der Waals surface area contributed by atoms with Crippen LogP contribution in [-0.4, -0.2) is 49.6 Å². The summed E-state index contributed by atoms with van der Waals surface area (Å²) in [5, 5.41) is 18.0. The molecular formula is C129H101N7Si2. The van der Waals surface area contributed by atoms with Gasteiger partial charge >= 0.3 is 0 Å². The number of hydrogen-bond donors (Lipinski definition) is 0. The molecule has 24 rings (SSSR count). The molecule has 0 fully saturated rings. The second-order valence-electron chi connectivity index (χ2n) is 37.8. The molecule has 0 spiro atoms. The molecule has 17 aromatic carbocycles. The average Bonchev–Trinajstić information content (AvgIpc) is 1.18. The molecule has 0 atom stereocenters. The van der Waals surface area contributed by atoms with Crippen molar-refractivity contribution in [2.24, 2.45) is 0 Å². The Bertz CT molecular complexity index is 8370. The van der Waals surface area contributed by atoms with Crippen molar-refractivity contribution >= 4 is 119 Å². The topological polar surface area (TPSA) is 65.8 Å². The van der Waals surface area contributed by atoms with Crippen LogP contribution >= 0.6 is 0 Å². The SMILES string of the molecule is CC(C)(C)c1ccc2c(-c3ccc([Si](c4ccccc4)(c4ccccc4)c4c(-c5ccccn5)cccc4-c4ccccn4)cc3)c3ccccc3c(-c3ccc(-c4cn5ccc(-c6ccccc6)cc5n4)cc3)c2c1.CCn1c2ccccc2c2cc(/C=C/c3ccc4c(c3)C(C)(C)c3cc([Si](c5ccccc5)(c5ccccc5)c5ccccc5-c5nccn5-c5ccccc5)ccc3-4)ccc21. The van der Waals surface area contributed by atoms with Gasteiger partial charge < -0.3 is 8.97 Å². The summed E-state index contributed by atoms with van der Waals surface area (Å²) in [7, 11) is -6.21. The van der Waals surface area contributed by atoms with E-state index in [0.717, 1.165) is 68.6 Å². The Kier molecular flexibility index (Phi) is 22.1. The van der Waals surface area contributed by atoms with Crippen molar-refractivity contribution in [1.82, 2.24) is 33.5 Å². The summed E-state index contributed by atoms with van der Waals surface area (Å²) < 4.78 is 6.75. The zero-order valence-corrected chi connectivity index (χ0v) is 80.1. The molecule has 6 heterocycles. The van der Waals surface area contributed by atoms with Gasteiger partial charge in [0, 0.05) is 98.9 Å². The molecule has 1 aliphatic carbocycles. The molecule has 6 aromatic heterocycles. The van der Waals surface area contributed by atoms with Gasteiger partial charge in [0.1, 0.15) is 11.5 Å². The quantitative estimate of drug-likeness (QED) is 0.0350. The van der Waals surface area contributed by atoms with Gasteiger partial charge in [0.25, 0.3) is 0 Å². The minimum atomic E-state index is -3.21. The highest BCUT2D eigenvalue weighted by Crippen LogP contribution is 2.50. The number of pyridine rings is 3. The van der Waals surface area contributed by atoms with E-state index in [1.165, 1.54) is 152 Å². The van der Waals surface area contributed by atoms with Crippen molar-refractivity contribution in [3.8, 4) is 95.4 Å². The lowest BCUT2D eigenvalue weighted by Crippen LogP contribution is -2.75. The van der Waals surface area contributed by atoms with Crippen molar-refractivity contribution in [1.29, 1.82) is 0 Å². The summed E-state index contributed by atoms with van der Waals surface area (Å²) in [5.74, 6) is 0.942. The summed E-state index contributed by atoms with van der Waals surface area (Å²) in [6.45, 7) is 14.9. The van der Waals surface area contributed by atoms with Crippen molar-refractivity contribution in [3.63, 3.8) is 0 Å². The molecule has 23 aromatic rings. The molecule has 0 saturated heterocycles. The number of benzene rings is 17. The Labute approximate surface area is 808 Å². The molecule has 0 bridgehead atoms. The predicted octanol–water partition coefficient (Wildman–Crippen LogP) is 26.6. The first kappa shape index (κ1) is 85.6. The average molecular weight is 1810 g/mol. The van der Waals surface area contributed by atoms with Gasteiger partial charge in [-0.05, 0) is 220 Å². The second-order valence-corrected chi connectivity index (χ2v) is 45.3. The lowest BCUT2D eigenvalue weighted by molar-refractivity contribution is 0.591. The first-order valence-corrected chi connectivity index (χ1v) is 51.9. The fourth-order valence-corrected chi connectivity index (χ4v) is 32.2. The van der Waals surface area contributed by atoms with E-state index in [1.807, 2.05) is 30.7 Å². The van der Waals surface area contributed by atoms with Crippen LogP contribution in [0.4, 0.5) is 0 Å². The molecule has 138 heavy (non-hydrogen) atoms. The largest absolute Gasteiger partial charge is 0.341 e. The van der Waals surface area contributed by atoms with E-state index < -0.39 is 16.1 Å². The first-order chi connectivity index (χ1) is 67.8. The van der Waals surface area contributed by atoms with Crippen LogP contribution in [0.3, 0.4) is 0 Å². The van der Waals surface area contributed by atoms with Gasteiger partial charge in [-0.3, -0.25) is 14.5 Å². The van der Waals surface area contributed by atoms with Gasteiger partial charge in [0.2, 0.25) is 0 Å². The van der Waals surface area contributed by atoms with E-state index in [2.05, 4.69) is 517 Å². The Balaban J connectivity index is 0.000000158. The zero-order valence-electron chi connectivity index (χ0n) is 78.1. The third-order valence-corrected chi connectivity index (χ3v) is 38.3. The molecule has 0 radical (unpaired) electrons. The number of aryl methyl sites for hydroxylation is 1. The fourth-order valence-electron chi connectivity index (χ4n) is 22.1. The molecule has 0 unspecified atom stereocenters. The molecule has 9 heteroatoms. The minimum absolute atomic E-state index is 0.0607. The number of aromatic nitrogens is 7. The second kappa shape index (κ2) is 35.7. The Morgan fingerprint density at radius 3 is 1.41 bits per heavy atom.